The largest absolute Gasteiger partial charge is 0.503 e. The Hall–Kier alpha value is -3.28. The van der Waals surface area contributed by atoms with Crippen molar-refractivity contribution >= 4 is 33.5 Å². The lowest BCUT2D eigenvalue weighted by Crippen LogP contribution is -2.14. The Balaban J connectivity index is 1.98. The summed E-state index contributed by atoms with van der Waals surface area (Å²) in [6, 6.07) is 16.0. The van der Waals surface area contributed by atoms with E-state index in [4.69, 9.17) is 10.7 Å². The molecule has 0 aliphatic heterocycles. The van der Waals surface area contributed by atoms with Crippen LogP contribution in [-0.2, 0) is 0 Å². The molecule has 0 spiro atoms. The summed E-state index contributed by atoms with van der Waals surface area (Å²) in [5.74, 6) is 0.953. The highest BCUT2D eigenvalue weighted by molar-refractivity contribution is 5.88. The highest BCUT2D eigenvalue weighted by Gasteiger charge is 2.23. The van der Waals surface area contributed by atoms with Gasteiger partial charge in [0.15, 0.2) is 17.4 Å². The second-order valence-electron chi connectivity index (χ2n) is 7.54. The van der Waals surface area contributed by atoms with Crippen LogP contribution in [0.4, 0.5) is 0 Å². The predicted molar refractivity (Wildman–Crippen MR) is 114 cm³/mol. The number of imidazole rings is 2. The van der Waals surface area contributed by atoms with Gasteiger partial charge in [0, 0.05) is 12.1 Å². The molecular formula is C22H25N5O. The number of hydrogen-bond donors (Lipinski definition) is 2. The van der Waals surface area contributed by atoms with Crippen molar-refractivity contribution in [2.75, 3.05) is 0 Å². The standard InChI is InChI=1S/C22H25N5O/c1-13(2)26-17-11-7-5-9-15(17)24-21(26)19(23)20(28)22-25-16-10-6-8-12-18(16)27(22)14(3)4/h5-14,28H,23H2,1-4H3/b20-19-. The molecule has 6 nitrogen and oxygen atoms in total. The molecular weight excluding hydrogens is 350 g/mol. The number of aromatic nitrogens is 4. The Labute approximate surface area is 163 Å². The summed E-state index contributed by atoms with van der Waals surface area (Å²) in [4.78, 5) is 9.34. The number of hydrogen-bond acceptors (Lipinski definition) is 4. The molecule has 0 amide bonds. The number of aliphatic hydroxyl groups is 1. The van der Waals surface area contributed by atoms with Gasteiger partial charge in [0.25, 0.3) is 0 Å². The van der Waals surface area contributed by atoms with Crippen LogP contribution < -0.4 is 5.73 Å². The van der Waals surface area contributed by atoms with Gasteiger partial charge in [0.1, 0.15) is 5.70 Å². The van der Waals surface area contributed by atoms with Crippen LogP contribution in [0.1, 0.15) is 51.4 Å². The van der Waals surface area contributed by atoms with E-state index in [1.54, 1.807) is 0 Å². The van der Waals surface area contributed by atoms with Crippen LogP contribution in [0.25, 0.3) is 33.5 Å². The molecule has 28 heavy (non-hydrogen) atoms. The van der Waals surface area contributed by atoms with Gasteiger partial charge in [-0.05, 0) is 52.0 Å². The van der Waals surface area contributed by atoms with Crippen LogP contribution in [0, 0.1) is 0 Å². The fourth-order valence-corrected chi connectivity index (χ4v) is 3.72. The summed E-state index contributed by atoms with van der Waals surface area (Å²) < 4.78 is 4.04. The van der Waals surface area contributed by atoms with Gasteiger partial charge in [-0.2, -0.15) is 0 Å². The third-order valence-electron chi connectivity index (χ3n) is 4.93. The summed E-state index contributed by atoms with van der Waals surface area (Å²) in [5.41, 5.74) is 10.3. The molecule has 0 fully saturated rings. The zero-order valence-electron chi connectivity index (χ0n) is 16.6. The first-order chi connectivity index (χ1) is 13.4. The quantitative estimate of drug-likeness (QED) is 0.498. The molecule has 0 atom stereocenters. The number of fused-ring (bicyclic) bond motifs is 2. The van der Waals surface area contributed by atoms with Crippen molar-refractivity contribution in [2.45, 2.75) is 39.8 Å². The van der Waals surface area contributed by atoms with Gasteiger partial charge in [0.2, 0.25) is 0 Å². The summed E-state index contributed by atoms with van der Waals surface area (Å²) in [5, 5.41) is 11.1. The topological polar surface area (TPSA) is 81.9 Å². The van der Waals surface area contributed by atoms with E-state index in [-0.39, 0.29) is 23.5 Å². The average molecular weight is 375 g/mol. The normalized spacial score (nSPS) is 13.1. The van der Waals surface area contributed by atoms with Gasteiger partial charge in [-0.25, -0.2) is 9.97 Å². The minimum atomic E-state index is -0.0536. The number of nitrogens with zero attached hydrogens (tertiary/aromatic N) is 4. The van der Waals surface area contributed by atoms with E-state index in [1.165, 1.54) is 0 Å². The molecule has 2 aromatic heterocycles. The van der Waals surface area contributed by atoms with E-state index in [9.17, 15) is 5.11 Å². The van der Waals surface area contributed by atoms with Crippen molar-refractivity contribution in [3.63, 3.8) is 0 Å². The lowest BCUT2D eigenvalue weighted by Gasteiger charge is -2.16. The van der Waals surface area contributed by atoms with Crippen molar-refractivity contribution < 1.29 is 5.11 Å². The third-order valence-corrected chi connectivity index (χ3v) is 4.93. The van der Waals surface area contributed by atoms with E-state index < -0.39 is 0 Å². The van der Waals surface area contributed by atoms with Crippen molar-refractivity contribution in [3.05, 3.63) is 60.2 Å². The smallest absolute Gasteiger partial charge is 0.186 e. The molecule has 0 radical (unpaired) electrons. The monoisotopic (exact) mass is 375 g/mol. The van der Waals surface area contributed by atoms with E-state index >= 15 is 0 Å². The fraction of sp³-hybridized carbons (Fsp3) is 0.273. The summed E-state index contributed by atoms with van der Waals surface area (Å²) >= 11 is 0. The first-order valence-corrected chi connectivity index (χ1v) is 9.53. The number of aliphatic hydroxyl groups excluding tert-OH is 1. The van der Waals surface area contributed by atoms with Crippen molar-refractivity contribution in [1.29, 1.82) is 0 Å². The van der Waals surface area contributed by atoms with E-state index in [2.05, 4.69) is 32.7 Å². The van der Waals surface area contributed by atoms with Crippen molar-refractivity contribution in [3.8, 4) is 0 Å². The molecule has 0 saturated carbocycles. The zero-order valence-corrected chi connectivity index (χ0v) is 16.6. The lowest BCUT2D eigenvalue weighted by atomic mass is 10.2. The van der Waals surface area contributed by atoms with Gasteiger partial charge >= 0.3 is 0 Å². The summed E-state index contributed by atoms with van der Waals surface area (Å²) in [6.07, 6.45) is 0. The number of rotatable bonds is 4. The Morgan fingerprint density at radius 3 is 1.71 bits per heavy atom. The number of para-hydroxylation sites is 4. The number of nitrogens with two attached hydrogens (primary N) is 1. The van der Waals surface area contributed by atoms with Gasteiger partial charge in [-0.1, -0.05) is 24.3 Å². The van der Waals surface area contributed by atoms with Crippen LogP contribution in [0.2, 0.25) is 0 Å². The average Bonchev–Trinajstić information content (AvgIpc) is 3.25. The molecule has 2 aromatic carbocycles. The van der Waals surface area contributed by atoms with Crippen LogP contribution in [0.5, 0.6) is 0 Å². The molecule has 144 valence electrons. The molecule has 6 heteroatoms. The predicted octanol–water partition coefficient (Wildman–Crippen LogP) is 4.89. The first kappa shape index (κ1) is 18.1. The third kappa shape index (κ3) is 2.72. The van der Waals surface area contributed by atoms with Gasteiger partial charge < -0.3 is 20.0 Å². The van der Waals surface area contributed by atoms with Gasteiger partial charge in [-0.15, -0.1) is 0 Å². The van der Waals surface area contributed by atoms with Crippen molar-refractivity contribution in [2.24, 2.45) is 5.73 Å². The molecule has 3 N–H and O–H groups in total. The van der Waals surface area contributed by atoms with Gasteiger partial charge in [-0.3, -0.25) is 0 Å². The van der Waals surface area contributed by atoms with Crippen LogP contribution in [0.3, 0.4) is 0 Å². The van der Waals surface area contributed by atoms with E-state index in [0.29, 0.717) is 11.6 Å². The summed E-state index contributed by atoms with van der Waals surface area (Å²) in [7, 11) is 0. The molecule has 4 aromatic rings. The second-order valence-corrected chi connectivity index (χ2v) is 7.54. The number of benzene rings is 2. The minimum absolute atomic E-state index is 0.0536. The molecule has 4 rings (SSSR count). The maximum Gasteiger partial charge on any atom is 0.186 e. The van der Waals surface area contributed by atoms with E-state index in [0.717, 1.165) is 22.1 Å². The molecule has 2 heterocycles. The minimum Gasteiger partial charge on any atom is -0.503 e. The fourth-order valence-electron chi connectivity index (χ4n) is 3.72. The second kappa shape index (κ2) is 6.71. The van der Waals surface area contributed by atoms with Crippen LogP contribution in [-0.4, -0.2) is 24.2 Å². The molecule has 0 unspecified atom stereocenters. The van der Waals surface area contributed by atoms with E-state index in [1.807, 2.05) is 57.7 Å². The molecule has 0 saturated heterocycles. The zero-order chi connectivity index (χ0) is 20.0. The summed E-state index contributed by atoms with van der Waals surface area (Å²) in [6.45, 7) is 8.27. The Kier molecular flexibility index (Phi) is 4.34. The maximum atomic E-state index is 11.1. The van der Waals surface area contributed by atoms with Crippen LogP contribution in [0.15, 0.2) is 48.5 Å². The first-order valence-electron chi connectivity index (χ1n) is 9.53. The van der Waals surface area contributed by atoms with Crippen molar-refractivity contribution in [1.82, 2.24) is 19.1 Å². The Bertz CT molecular complexity index is 1100. The SMILES string of the molecule is CC(C)n1c(/C(N)=C(/O)c2nc3ccccc3n2C(C)C)nc2ccccc21. The molecule has 0 aliphatic carbocycles. The lowest BCUT2D eigenvalue weighted by molar-refractivity contribution is 0.489. The Morgan fingerprint density at radius 1 is 0.786 bits per heavy atom. The Morgan fingerprint density at radius 2 is 1.21 bits per heavy atom. The highest BCUT2D eigenvalue weighted by Crippen LogP contribution is 2.30. The van der Waals surface area contributed by atoms with Gasteiger partial charge in [0.05, 0.1) is 22.1 Å². The molecule has 0 bridgehead atoms. The molecule has 0 aliphatic rings. The maximum absolute atomic E-state index is 11.1. The van der Waals surface area contributed by atoms with Crippen LogP contribution >= 0.6 is 0 Å². The highest BCUT2D eigenvalue weighted by atomic mass is 16.3.